The van der Waals surface area contributed by atoms with E-state index in [-0.39, 0.29) is 6.61 Å². The number of ether oxygens (including phenoxy) is 2. The van der Waals surface area contributed by atoms with Gasteiger partial charge in [0.25, 0.3) is 5.91 Å². The Morgan fingerprint density at radius 2 is 1.92 bits per heavy atom. The van der Waals surface area contributed by atoms with Crippen LogP contribution in [0.5, 0.6) is 5.75 Å². The Morgan fingerprint density at radius 1 is 1.15 bits per heavy atom. The molecule has 0 saturated carbocycles. The molecule has 0 aliphatic heterocycles. The SMILES string of the molecule is CCOc1ccsc1C(=O)NNC(=O)OCCN(C)Cc1ccccc1. The van der Waals surface area contributed by atoms with Crippen molar-refractivity contribution in [3.8, 4) is 5.75 Å². The normalized spacial score (nSPS) is 10.4. The van der Waals surface area contributed by atoms with Crippen molar-refractivity contribution in [1.82, 2.24) is 15.8 Å². The molecule has 0 spiro atoms. The van der Waals surface area contributed by atoms with Gasteiger partial charge >= 0.3 is 6.09 Å². The predicted octanol–water partition coefficient (Wildman–Crippen LogP) is 2.65. The lowest BCUT2D eigenvalue weighted by molar-refractivity contribution is 0.0902. The first-order valence-electron chi connectivity index (χ1n) is 8.26. The number of carbonyl (C=O) groups is 2. The number of nitrogens with one attached hydrogen (secondary N) is 2. The van der Waals surface area contributed by atoms with Crippen LogP contribution in [0, 0.1) is 0 Å². The van der Waals surface area contributed by atoms with E-state index in [0.717, 1.165) is 6.54 Å². The highest BCUT2D eigenvalue weighted by molar-refractivity contribution is 7.12. The fourth-order valence-electron chi connectivity index (χ4n) is 2.20. The number of hydrogen-bond acceptors (Lipinski definition) is 6. The van der Waals surface area contributed by atoms with Gasteiger partial charge in [0.2, 0.25) is 0 Å². The van der Waals surface area contributed by atoms with Gasteiger partial charge in [0.05, 0.1) is 6.61 Å². The number of carbonyl (C=O) groups excluding carboxylic acids is 2. The van der Waals surface area contributed by atoms with Crippen LogP contribution in [0.4, 0.5) is 4.79 Å². The van der Waals surface area contributed by atoms with Gasteiger partial charge in [0.1, 0.15) is 17.2 Å². The number of likely N-dealkylation sites (N-methyl/N-ethyl adjacent to an activating group) is 1. The van der Waals surface area contributed by atoms with Crippen LogP contribution in [-0.4, -0.2) is 43.7 Å². The van der Waals surface area contributed by atoms with E-state index in [4.69, 9.17) is 9.47 Å². The summed E-state index contributed by atoms with van der Waals surface area (Å²) in [5.41, 5.74) is 5.74. The van der Waals surface area contributed by atoms with Crippen LogP contribution in [0.1, 0.15) is 22.2 Å². The molecule has 1 aromatic heterocycles. The van der Waals surface area contributed by atoms with E-state index in [1.165, 1.54) is 16.9 Å². The number of nitrogens with zero attached hydrogens (tertiary/aromatic N) is 1. The highest BCUT2D eigenvalue weighted by Crippen LogP contribution is 2.24. The van der Waals surface area contributed by atoms with Crippen LogP contribution in [0.25, 0.3) is 0 Å². The molecule has 2 aromatic rings. The van der Waals surface area contributed by atoms with E-state index < -0.39 is 12.0 Å². The van der Waals surface area contributed by atoms with Gasteiger partial charge in [-0.2, -0.15) is 0 Å². The molecule has 1 aromatic carbocycles. The molecule has 2 N–H and O–H groups in total. The fraction of sp³-hybridized carbons (Fsp3) is 0.333. The van der Waals surface area contributed by atoms with Crippen LogP contribution < -0.4 is 15.6 Å². The number of hydrazine groups is 1. The number of rotatable bonds is 8. The summed E-state index contributed by atoms with van der Waals surface area (Å²) in [6.07, 6.45) is -0.707. The Kier molecular flexibility index (Phi) is 7.91. The Morgan fingerprint density at radius 3 is 2.65 bits per heavy atom. The molecule has 0 saturated heterocycles. The summed E-state index contributed by atoms with van der Waals surface area (Å²) >= 11 is 1.24. The van der Waals surface area contributed by atoms with E-state index >= 15 is 0 Å². The Labute approximate surface area is 156 Å². The second-order valence-electron chi connectivity index (χ2n) is 5.49. The van der Waals surface area contributed by atoms with Crippen molar-refractivity contribution in [3.05, 3.63) is 52.2 Å². The van der Waals surface area contributed by atoms with E-state index in [9.17, 15) is 9.59 Å². The largest absolute Gasteiger partial charge is 0.492 e. The Balaban J connectivity index is 1.65. The van der Waals surface area contributed by atoms with Gasteiger partial charge in [-0.05, 0) is 31.0 Å². The molecule has 8 heteroatoms. The van der Waals surface area contributed by atoms with Gasteiger partial charge in [0.15, 0.2) is 0 Å². The first-order valence-corrected chi connectivity index (χ1v) is 9.14. The van der Waals surface area contributed by atoms with Crippen LogP contribution in [0.3, 0.4) is 0 Å². The summed E-state index contributed by atoms with van der Waals surface area (Å²) in [4.78, 5) is 26.1. The van der Waals surface area contributed by atoms with Gasteiger partial charge in [0, 0.05) is 13.1 Å². The summed E-state index contributed by atoms with van der Waals surface area (Å²) < 4.78 is 10.4. The van der Waals surface area contributed by atoms with Gasteiger partial charge in [-0.1, -0.05) is 30.3 Å². The summed E-state index contributed by atoms with van der Waals surface area (Å²) in [6.45, 7) is 3.86. The molecule has 0 bridgehead atoms. The van der Waals surface area contributed by atoms with E-state index in [1.807, 2.05) is 49.2 Å². The summed E-state index contributed by atoms with van der Waals surface area (Å²) in [5.74, 6) is 0.0503. The molecule has 0 aliphatic carbocycles. The average Bonchev–Trinajstić information content (AvgIpc) is 3.09. The number of amides is 2. The second-order valence-corrected chi connectivity index (χ2v) is 6.40. The lowest BCUT2D eigenvalue weighted by Crippen LogP contribution is -2.42. The smallest absolute Gasteiger partial charge is 0.426 e. The van der Waals surface area contributed by atoms with Gasteiger partial charge in [-0.25, -0.2) is 10.2 Å². The molecule has 0 radical (unpaired) electrons. The maximum Gasteiger partial charge on any atom is 0.426 e. The van der Waals surface area contributed by atoms with Gasteiger partial charge in [-0.15, -0.1) is 11.3 Å². The topological polar surface area (TPSA) is 79.9 Å². The maximum absolute atomic E-state index is 12.0. The minimum Gasteiger partial charge on any atom is -0.492 e. The van der Waals surface area contributed by atoms with E-state index in [1.54, 1.807) is 11.4 Å². The molecular formula is C18H23N3O4S. The van der Waals surface area contributed by atoms with Crippen molar-refractivity contribution in [1.29, 1.82) is 0 Å². The summed E-state index contributed by atoms with van der Waals surface area (Å²) in [6, 6.07) is 11.7. The first kappa shape index (κ1) is 19.7. The van der Waals surface area contributed by atoms with E-state index in [0.29, 0.717) is 23.8 Å². The maximum atomic E-state index is 12.0. The van der Waals surface area contributed by atoms with Crippen LogP contribution >= 0.6 is 11.3 Å². The highest BCUT2D eigenvalue weighted by atomic mass is 32.1. The molecule has 0 fully saturated rings. The Bertz CT molecular complexity index is 705. The molecule has 0 unspecified atom stereocenters. The highest BCUT2D eigenvalue weighted by Gasteiger charge is 2.15. The predicted molar refractivity (Wildman–Crippen MR) is 100 cm³/mol. The molecule has 26 heavy (non-hydrogen) atoms. The zero-order valence-corrected chi connectivity index (χ0v) is 15.7. The number of hydrogen-bond donors (Lipinski definition) is 2. The molecule has 0 atom stereocenters. The minimum absolute atomic E-state index is 0.217. The van der Waals surface area contributed by atoms with Crippen molar-refractivity contribution in [3.63, 3.8) is 0 Å². The van der Waals surface area contributed by atoms with Crippen molar-refractivity contribution >= 4 is 23.3 Å². The summed E-state index contributed by atoms with van der Waals surface area (Å²) in [5, 5.41) is 1.75. The standard InChI is InChI=1S/C18H23N3O4S/c1-3-24-15-9-12-26-16(15)17(22)19-20-18(23)25-11-10-21(2)13-14-7-5-4-6-8-14/h4-9,12H,3,10-11,13H2,1-2H3,(H,19,22)(H,20,23). The molecule has 2 amide bonds. The molecule has 0 aliphatic rings. The van der Waals surface area contributed by atoms with Gasteiger partial charge in [-0.3, -0.25) is 15.1 Å². The molecular weight excluding hydrogens is 354 g/mol. The molecule has 7 nitrogen and oxygen atoms in total. The molecule has 140 valence electrons. The fourth-order valence-corrected chi connectivity index (χ4v) is 2.93. The lowest BCUT2D eigenvalue weighted by atomic mass is 10.2. The number of thiophene rings is 1. The van der Waals surface area contributed by atoms with Crippen molar-refractivity contribution in [2.75, 3.05) is 26.8 Å². The lowest BCUT2D eigenvalue weighted by Gasteiger charge is -2.16. The molecule has 2 rings (SSSR count). The zero-order chi connectivity index (χ0) is 18.8. The first-order chi connectivity index (χ1) is 12.6. The van der Waals surface area contributed by atoms with E-state index in [2.05, 4.69) is 10.9 Å². The van der Waals surface area contributed by atoms with Crippen LogP contribution in [-0.2, 0) is 11.3 Å². The monoisotopic (exact) mass is 377 g/mol. The third kappa shape index (κ3) is 6.38. The third-order valence-corrected chi connectivity index (χ3v) is 4.31. The average molecular weight is 377 g/mol. The van der Waals surface area contributed by atoms with Gasteiger partial charge < -0.3 is 9.47 Å². The quantitative estimate of drug-likeness (QED) is 0.692. The Hall–Kier alpha value is -2.58. The third-order valence-electron chi connectivity index (χ3n) is 3.41. The van der Waals surface area contributed by atoms with Crippen LogP contribution in [0.2, 0.25) is 0 Å². The summed E-state index contributed by atoms with van der Waals surface area (Å²) in [7, 11) is 1.95. The van der Waals surface area contributed by atoms with Crippen molar-refractivity contribution < 1.29 is 19.1 Å². The zero-order valence-electron chi connectivity index (χ0n) is 14.9. The molecule has 1 heterocycles. The minimum atomic E-state index is -0.707. The van der Waals surface area contributed by atoms with Crippen molar-refractivity contribution in [2.24, 2.45) is 0 Å². The van der Waals surface area contributed by atoms with Crippen LogP contribution in [0.15, 0.2) is 41.8 Å². The number of benzene rings is 1. The second kappa shape index (κ2) is 10.4. The van der Waals surface area contributed by atoms with Crippen molar-refractivity contribution in [2.45, 2.75) is 13.5 Å².